The summed E-state index contributed by atoms with van der Waals surface area (Å²) >= 11 is -2.08. The van der Waals surface area contributed by atoms with Gasteiger partial charge in [-0.05, 0) is 0 Å². The second kappa shape index (κ2) is 12.4. The number of nitrogens with zero attached hydrogens (tertiary/aromatic N) is 2. The third-order valence-corrected chi connectivity index (χ3v) is 10.7. The fraction of sp³-hybridized carbons (Fsp3) is 0.435. The van der Waals surface area contributed by atoms with Crippen molar-refractivity contribution in [1.82, 2.24) is 4.98 Å². The van der Waals surface area contributed by atoms with Crippen LogP contribution in [-0.2, 0) is 0 Å². The van der Waals surface area contributed by atoms with Gasteiger partial charge in [-0.1, -0.05) is 0 Å². The molecule has 2 heterocycles. The molecule has 1 aromatic heterocycles. The minimum atomic E-state index is -2.08. The molecule has 0 radical (unpaired) electrons. The molecule has 154 valence electrons. The van der Waals surface area contributed by atoms with E-state index in [0.29, 0.717) is 16.3 Å². The van der Waals surface area contributed by atoms with Gasteiger partial charge in [0.05, 0.1) is 0 Å². The van der Waals surface area contributed by atoms with Crippen LogP contribution in [0.4, 0.5) is 10.5 Å². The molecule has 1 aromatic carbocycles. The number of rotatable bonds is 4. The number of aliphatic hydroxyl groups is 1. The second-order valence-electron chi connectivity index (χ2n) is 7.41. The Labute approximate surface area is 205 Å². The van der Waals surface area contributed by atoms with Crippen LogP contribution in [0.2, 0.25) is 0 Å². The maximum absolute atomic E-state index is 13.3. The van der Waals surface area contributed by atoms with E-state index >= 15 is 0 Å². The van der Waals surface area contributed by atoms with Crippen LogP contribution in [0.1, 0.15) is 39.0 Å². The molecule has 1 fully saturated rings. The van der Waals surface area contributed by atoms with Gasteiger partial charge in [0.2, 0.25) is 0 Å². The zero-order valence-corrected chi connectivity index (χ0v) is 23.3. The summed E-state index contributed by atoms with van der Waals surface area (Å²) in [7, 11) is 0. The summed E-state index contributed by atoms with van der Waals surface area (Å²) in [5, 5.41) is 7.81. The Balaban J connectivity index is 0.000000552. The van der Waals surface area contributed by atoms with Crippen molar-refractivity contribution in [2.45, 2.75) is 39.0 Å². The number of anilines is 1. The van der Waals surface area contributed by atoms with Gasteiger partial charge in [-0.25, -0.2) is 0 Å². The number of fused-ring (bicyclic) bond motifs is 1. The Kier molecular flexibility index (Phi) is 10.7. The number of para-hydroxylation sites is 1. The molecule has 1 aliphatic carbocycles. The summed E-state index contributed by atoms with van der Waals surface area (Å²) in [6.07, 6.45) is 10.4. The minimum Gasteiger partial charge on any atom is -0.399 e. The largest absolute Gasteiger partial charge is 2.00 e. The Bertz CT molecular complexity index is 764. The van der Waals surface area contributed by atoms with Gasteiger partial charge in [0.25, 0.3) is 0 Å². The van der Waals surface area contributed by atoms with Crippen molar-refractivity contribution < 1.29 is 41.0 Å². The van der Waals surface area contributed by atoms with Crippen molar-refractivity contribution in [2.75, 3.05) is 18.1 Å². The first-order valence-corrected chi connectivity index (χ1v) is 13.2. The average Bonchev–Trinajstić information content (AvgIpc) is 3.02. The fourth-order valence-electron chi connectivity index (χ4n) is 3.68. The van der Waals surface area contributed by atoms with E-state index in [9.17, 15) is 4.79 Å². The molecule has 1 N–H and O–H groups in total. The predicted octanol–water partition coefficient (Wildman–Crippen LogP) is 5.40. The molecule has 0 saturated heterocycles. The van der Waals surface area contributed by atoms with E-state index in [1.54, 1.807) is 0 Å². The molecule has 0 unspecified atom stereocenters. The summed E-state index contributed by atoms with van der Waals surface area (Å²) in [4.78, 5) is 19.5. The summed E-state index contributed by atoms with van der Waals surface area (Å²) < 4.78 is 2.74. The molecule has 0 bridgehead atoms. The van der Waals surface area contributed by atoms with Crippen LogP contribution in [0.25, 0.3) is 0 Å². The van der Waals surface area contributed by atoms with Crippen LogP contribution < -0.4 is 4.90 Å². The van der Waals surface area contributed by atoms with E-state index in [1.807, 2.05) is 18.3 Å². The second-order valence-corrected chi connectivity index (χ2v) is 12.4. The monoisotopic (exact) mass is 730 g/mol. The first kappa shape index (κ1) is 24.8. The number of aliphatic hydroxyl groups excluding tert-OH is 1. The Hall–Kier alpha value is -0.418. The van der Waals surface area contributed by atoms with Gasteiger partial charge in [-0.3, -0.25) is 0 Å². The maximum atomic E-state index is 13.3. The molecule has 4 nitrogen and oxygen atoms in total. The molecular weight excluding hydrogens is 701 g/mol. The number of carbonyl (C=O) groups is 1. The van der Waals surface area contributed by atoms with Gasteiger partial charge >= 0.3 is 182 Å². The van der Waals surface area contributed by atoms with Crippen molar-refractivity contribution in [3.05, 3.63) is 62.9 Å². The van der Waals surface area contributed by atoms with E-state index in [0.717, 1.165) is 21.7 Å². The van der Waals surface area contributed by atoms with Crippen LogP contribution >= 0.6 is 19.8 Å². The molecule has 4 rings (SSSR count). The zero-order valence-electron chi connectivity index (χ0n) is 17.0. The van der Waals surface area contributed by atoms with Crippen LogP contribution in [-0.4, -0.2) is 27.2 Å². The van der Waals surface area contributed by atoms with Crippen molar-refractivity contribution in [2.24, 2.45) is 11.8 Å². The summed E-state index contributed by atoms with van der Waals surface area (Å²) in [6.45, 7) is 6.80. The predicted molar refractivity (Wildman–Crippen MR) is 122 cm³/mol. The van der Waals surface area contributed by atoms with Gasteiger partial charge in [0.1, 0.15) is 0 Å². The third kappa shape index (κ3) is 6.29. The molecule has 6 heteroatoms. The van der Waals surface area contributed by atoms with E-state index in [-0.39, 0.29) is 37.7 Å². The summed E-state index contributed by atoms with van der Waals surface area (Å²) in [5.41, 5.74) is 1.15. The molecular formula is C23H29IN2O2U. The van der Waals surface area contributed by atoms with Crippen molar-refractivity contribution in [3.63, 3.8) is 0 Å². The zero-order chi connectivity index (χ0) is 19.9. The van der Waals surface area contributed by atoms with Gasteiger partial charge in [-0.2, -0.15) is 6.42 Å². The number of benzene rings is 1. The van der Waals surface area contributed by atoms with Crippen molar-refractivity contribution in [1.29, 1.82) is 0 Å². The number of carbonyl (C=O) groups excluding carboxylic acids is 1. The average molecular weight is 730 g/mol. The first-order chi connectivity index (χ1) is 13.7. The van der Waals surface area contributed by atoms with Gasteiger partial charge in [-0.15, -0.1) is 0 Å². The van der Waals surface area contributed by atoms with Gasteiger partial charge in [0.15, 0.2) is 0 Å². The van der Waals surface area contributed by atoms with E-state index in [2.05, 4.69) is 54.2 Å². The van der Waals surface area contributed by atoms with Crippen molar-refractivity contribution >= 4 is 29.4 Å². The normalized spacial score (nSPS) is 21.7. The molecule has 1 saturated carbocycles. The Morgan fingerprint density at radius 2 is 1.93 bits per heavy atom. The van der Waals surface area contributed by atoms with Crippen LogP contribution in [0, 0.1) is 63.2 Å². The Morgan fingerprint density at radius 1 is 1.24 bits per heavy atom. The number of hydrogen-bond donors (Lipinski definition) is 1. The number of halogens is 1. The fourth-order valence-corrected chi connectivity index (χ4v) is 8.97. The van der Waals surface area contributed by atoms with Crippen molar-refractivity contribution in [3.8, 4) is 0 Å². The SMILES string of the molecule is CC1CCC(CN2C(=O)I(c3cc[c-]nc3)c3ccccc32)CC1.[CH2-]CCO.[U+2]. The maximum Gasteiger partial charge on any atom is 2.00 e. The molecule has 2 aliphatic rings. The number of amides is 1. The third-order valence-electron chi connectivity index (χ3n) is 5.25. The number of hydrogen-bond acceptors (Lipinski definition) is 3. The molecule has 2 aromatic rings. The van der Waals surface area contributed by atoms with E-state index < -0.39 is 19.8 Å². The van der Waals surface area contributed by atoms with Crippen LogP contribution in [0.5, 0.6) is 0 Å². The topological polar surface area (TPSA) is 53.4 Å². The summed E-state index contributed by atoms with van der Waals surface area (Å²) in [6, 6.07) is 12.2. The molecule has 29 heavy (non-hydrogen) atoms. The first-order valence-electron chi connectivity index (χ1n) is 9.98. The van der Waals surface area contributed by atoms with Gasteiger partial charge < -0.3 is 12.0 Å². The number of aromatic nitrogens is 1. The van der Waals surface area contributed by atoms with Crippen LogP contribution in [0.3, 0.4) is 0 Å². The minimum absolute atomic E-state index is 0. The number of pyridine rings is 1. The standard InChI is InChI=1S/C20H22IN2O.C3H7O.U/c1-15-8-10-16(11-9-15)14-23-19-7-3-2-6-18(19)21(20(23)24)17-5-4-12-22-13-17;1-2-3-4;/h2-7,13,15-16H,8-11,14H2,1H3;4H,1-3H2;/q2*-1;+2. The van der Waals surface area contributed by atoms with E-state index in [4.69, 9.17) is 5.11 Å². The van der Waals surface area contributed by atoms with Gasteiger partial charge in [0, 0.05) is 6.61 Å². The molecule has 1 aliphatic heterocycles. The molecule has 0 spiro atoms. The van der Waals surface area contributed by atoms with Crippen LogP contribution in [0.15, 0.2) is 42.6 Å². The summed E-state index contributed by atoms with van der Waals surface area (Å²) in [5.74, 6) is 1.49. The quantitative estimate of drug-likeness (QED) is 0.199. The van der Waals surface area contributed by atoms with E-state index in [1.165, 1.54) is 29.3 Å². The molecule has 0 atom stereocenters. The molecule has 1 amide bonds. The smallest absolute Gasteiger partial charge is 0.399 e. The Morgan fingerprint density at radius 3 is 2.55 bits per heavy atom.